The largest absolute Gasteiger partial charge is 0.456 e. The Morgan fingerprint density at radius 2 is 1.14 bits per heavy atom. The summed E-state index contributed by atoms with van der Waals surface area (Å²) in [6, 6.07) is 66.2. The van der Waals surface area contributed by atoms with Crippen LogP contribution in [0.1, 0.15) is 0 Å². The number of benzene rings is 9. The number of hydrogen-bond acceptors (Lipinski definition) is 4. The fourth-order valence-electron chi connectivity index (χ4n) is 8.66. The van der Waals surface area contributed by atoms with E-state index in [4.69, 9.17) is 13.8 Å². The normalized spacial score (nSPS) is 11.9. The van der Waals surface area contributed by atoms with Gasteiger partial charge in [-0.3, -0.25) is 0 Å². The molecule has 9 aromatic carbocycles. The molecule has 0 spiro atoms. The molecule has 0 N–H and O–H groups in total. The highest BCUT2D eigenvalue weighted by Crippen LogP contribution is 2.46. The fourth-order valence-corrected chi connectivity index (χ4v) is 8.66. The minimum absolute atomic E-state index is 0.613. The van der Waals surface area contributed by atoms with E-state index in [1.165, 1.54) is 10.8 Å². The van der Waals surface area contributed by atoms with E-state index in [1.807, 2.05) is 42.5 Å². The first-order chi connectivity index (χ1) is 27.8. The van der Waals surface area contributed by atoms with Gasteiger partial charge in [0.1, 0.15) is 16.7 Å². The standard InChI is InChI=1S/C51H31N3O2/c1-3-12-34(13-4-1)51-52-43-29-25-33-23-22-32-24-26-36(30-42(32)48(33)50(43)56-51)53(37-27-28-40-39-17-8-10-21-46(39)55-47(40)31-37)45-20-11-18-41-38-16-7-9-19-44(38)54(49(41)45)35-14-5-2-6-15-35/h1-31H. The van der Waals surface area contributed by atoms with Crippen molar-refractivity contribution in [1.82, 2.24) is 9.55 Å². The number of furan rings is 1. The number of fused-ring (bicyclic) bond motifs is 11. The molecule has 262 valence electrons. The van der Waals surface area contributed by atoms with Crippen molar-refractivity contribution in [2.75, 3.05) is 4.90 Å². The Labute approximate surface area is 320 Å². The molecule has 3 heterocycles. The van der Waals surface area contributed by atoms with Gasteiger partial charge >= 0.3 is 0 Å². The number of nitrogens with zero attached hydrogens (tertiary/aromatic N) is 3. The Morgan fingerprint density at radius 3 is 2.04 bits per heavy atom. The van der Waals surface area contributed by atoms with Crippen LogP contribution in [0.3, 0.4) is 0 Å². The number of aromatic nitrogens is 2. The molecule has 12 aromatic rings. The Balaban J connectivity index is 1.17. The van der Waals surface area contributed by atoms with Gasteiger partial charge in [-0.2, -0.15) is 0 Å². The molecule has 0 aliphatic rings. The smallest absolute Gasteiger partial charge is 0.227 e. The molecule has 56 heavy (non-hydrogen) atoms. The maximum Gasteiger partial charge on any atom is 0.227 e. The van der Waals surface area contributed by atoms with Gasteiger partial charge in [0.2, 0.25) is 5.89 Å². The molecule has 5 nitrogen and oxygen atoms in total. The molecule has 0 amide bonds. The average molecular weight is 718 g/mol. The van der Waals surface area contributed by atoms with Crippen LogP contribution in [0.5, 0.6) is 0 Å². The molecular weight excluding hydrogens is 687 g/mol. The maximum absolute atomic E-state index is 6.64. The summed E-state index contributed by atoms with van der Waals surface area (Å²) < 4.78 is 15.5. The molecule has 0 aliphatic carbocycles. The minimum Gasteiger partial charge on any atom is -0.456 e. The van der Waals surface area contributed by atoms with Crippen LogP contribution >= 0.6 is 0 Å². The molecule has 5 heteroatoms. The summed E-state index contributed by atoms with van der Waals surface area (Å²) in [5.41, 5.74) is 10.7. The number of hydrogen-bond donors (Lipinski definition) is 0. The van der Waals surface area contributed by atoms with Crippen molar-refractivity contribution >= 4 is 93.5 Å². The van der Waals surface area contributed by atoms with Gasteiger partial charge in [-0.05, 0) is 89.0 Å². The summed E-state index contributed by atoms with van der Waals surface area (Å²) >= 11 is 0. The highest BCUT2D eigenvalue weighted by Gasteiger charge is 2.23. The fraction of sp³-hybridized carbons (Fsp3) is 0. The third-order valence-corrected chi connectivity index (χ3v) is 11.2. The zero-order valence-corrected chi connectivity index (χ0v) is 30.1. The van der Waals surface area contributed by atoms with Crippen LogP contribution < -0.4 is 4.90 Å². The minimum atomic E-state index is 0.613. The second-order valence-corrected chi connectivity index (χ2v) is 14.3. The van der Waals surface area contributed by atoms with E-state index < -0.39 is 0 Å². The van der Waals surface area contributed by atoms with Crippen LogP contribution in [-0.4, -0.2) is 9.55 Å². The van der Waals surface area contributed by atoms with E-state index in [0.717, 1.165) is 93.9 Å². The van der Waals surface area contributed by atoms with Crippen LogP contribution in [-0.2, 0) is 0 Å². The van der Waals surface area contributed by atoms with Crippen molar-refractivity contribution in [3.63, 3.8) is 0 Å². The SMILES string of the molecule is c1ccc(-c2nc3ccc4ccc5ccc(N(c6ccc7c(c6)oc6ccccc67)c6cccc7c8ccccc8n(-c8ccccc8)c67)cc5c4c3o2)cc1. The van der Waals surface area contributed by atoms with Gasteiger partial charge < -0.3 is 18.3 Å². The number of anilines is 3. The van der Waals surface area contributed by atoms with E-state index in [1.54, 1.807) is 0 Å². The zero-order chi connectivity index (χ0) is 36.7. The molecule has 0 radical (unpaired) electrons. The molecule has 0 atom stereocenters. The van der Waals surface area contributed by atoms with E-state index >= 15 is 0 Å². The predicted molar refractivity (Wildman–Crippen MR) is 231 cm³/mol. The van der Waals surface area contributed by atoms with Crippen LogP contribution in [0.4, 0.5) is 17.1 Å². The van der Waals surface area contributed by atoms with Crippen LogP contribution in [0, 0.1) is 0 Å². The van der Waals surface area contributed by atoms with Crippen molar-refractivity contribution in [1.29, 1.82) is 0 Å². The van der Waals surface area contributed by atoms with E-state index in [0.29, 0.717) is 5.89 Å². The first kappa shape index (κ1) is 30.8. The molecule has 0 unspecified atom stereocenters. The van der Waals surface area contributed by atoms with E-state index in [-0.39, 0.29) is 0 Å². The van der Waals surface area contributed by atoms with Crippen LogP contribution in [0.15, 0.2) is 197 Å². The van der Waals surface area contributed by atoms with E-state index in [2.05, 4.69) is 155 Å². The molecule has 0 saturated heterocycles. The Bertz CT molecular complexity index is 3490. The first-order valence-electron chi connectivity index (χ1n) is 18.9. The number of rotatable bonds is 5. The van der Waals surface area contributed by atoms with Crippen LogP contribution in [0.2, 0.25) is 0 Å². The zero-order valence-electron chi connectivity index (χ0n) is 30.1. The maximum atomic E-state index is 6.64. The Kier molecular flexibility index (Phi) is 6.56. The third kappa shape index (κ3) is 4.58. The molecule has 0 fully saturated rings. The lowest BCUT2D eigenvalue weighted by Gasteiger charge is -2.27. The molecular formula is C51H31N3O2. The molecule has 0 saturated carbocycles. The summed E-state index contributed by atoms with van der Waals surface area (Å²) in [5, 5.41) is 8.93. The van der Waals surface area contributed by atoms with Gasteiger partial charge in [-0.25, -0.2) is 4.98 Å². The third-order valence-electron chi connectivity index (χ3n) is 11.2. The first-order valence-corrected chi connectivity index (χ1v) is 18.9. The van der Waals surface area contributed by atoms with Gasteiger partial charge in [0.15, 0.2) is 5.58 Å². The number of para-hydroxylation sites is 4. The lowest BCUT2D eigenvalue weighted by Crippen LogP contribution is -2.11. The molecule has 0 aliphatic heterocycles. The van der Waals surface area contributed by atoms with Crippen LogP contribution in [0.25, 0.3) is 93.5 Å². The van der Waals surface area contributed by atoms with Gasteiger partial charge in [0.05, 0.1) is 16.7 Å². The van der Waals surface area contributed by atoms with Crippen molar-refractivity contribution in [3.05, 3.63) is 188 Å². The van der Waals surface area contributed by atoms with E-state index in [9.17, 15) is 0 Å². The number of oxazole rings is 1. The van der Waals surface area contributed by atoms with Gasteiger partial charge in [0, 0.05) is 55.6 Å². The predicted octanol–water partition coefficient (Wildman–Crippen LogP) is 14.3. The highest BCUT2D eigenvalue weighted by molar-refractivity contribution is 6.19. The quantitative estimate of drug-likeness (QED) is 0.166. The van der Waals surface area contributed by atoms with Gasteiger partial charge in [0.25, 0.3) is 0 Å². The summed E-state index contributed by atoms with van der Waals surface area (Å²) in [5.74, 6) is 0.613. The average Bonchev–Trinajstić information content (AvgIpc) is 3.96. The monoisotopic (exact) mass is 717 g/mol. The highest BCUT2D eigenvalue weighted by atomic mass is 16.3. The summed E-state index contributed by atoms with van der Waals surface area (Å²) in [4.78, 5) is 7.32. The second kappa shape index (κ2) is 11.9. The summed E-state index contributed by atoms with van der Waals surface area (Å²) in [7, 11) is 0. The topological polar surface area (TPSA) is 47.3 Å². The summed E-state index contributed by atoms with van der Waals surface area (Å²) in [6.07, 6.45) is 0. The van der Waals surface area contributed by atoms with Crippen molar-refractivity contribution in [2.24, 2.45) is 0 Å². The lowest BCUT2D eigenvalue weighted by molar-refractivity contribution is 0.623. The second-order valence-electron chi connectivity index (χ2n) is 14.3. The lowest BCUT2D eigenvalue weighted by atomic mass is 10.00. The Hall–Kier alpha value is -7.63. The molecule has 12 rings (SSSR count). The molecule has 3 aromatic heterocycles. The van der Waals surface area contributed by atoms with Crippen molar-refractivity contribution < 1.29 is 8.83 Å². The summed E-state index contributed by atoms with van der Waals surface area (Å²) in [6.45, 7) is 0. The Morgan fingerprint density at radius 1 is 0.464 bits per heavy atom. The molecule has 0 bridgehead atoms. The van der Waals surface area contributed by atoms with Crippen molar-refractivity contribution in [2.45, 2.75) is 0 Å². The van der Waals surface area contributed by atoms with Crippen molar-refractivity contribution in [3.8, 4) is 17.1 Å². The van der Waals surface area contributed by atoms with Gasteiger partial charge in [-0.15, -0.1) is 0 Å². The van der Waals surface area contributed by atoms with Gasteiger partial charge in [-0.1, -0.05) is 109 Å².